The van der Waals surface area contributed by atoms with E-state index in [0.717, 1.165) is 0 Å². The molecule has 0 unspecified atom stereocenters. The van der Waals surface area contributed by atoms with Gasteiger partial charge in [0, 0.05) is 72.5 Å². The summed E-state index contributed by atoms with van der Waals surface area (Å²) in [4.78, 5) is 111. The Morgan fingerprint density at radius 2 is 0.658 bits per heavy atom. The van der Waals surface area contributed by atoms with Crippen molar-refractivity contribution < 1.29 is 40.0 Å². The lowest BCUT2D eigenvalue weighted by atomic mass is 10.1. The Bertz CT molecular complexity index is 3580. The molecule has 8 aromatic rings. The zero-order valence-electron chi connectivity index (χ0n) is 39.3. The van der Waals surface area contributed by atoms with Gasteiger partial charge in [-0.1, -0.05) is 72.8 Å². The van der Waals surface area contributed by atoms with Gasteiger partial charge in [0.15, 0.2) is 0 Å². The lowest BCUT2D eigenvalue weighted by Gasteiger charge is -2.29. The second-order valence-corrected chi connectivity index (χ2v) is 17.1. The minimum Gasteiger partial charge on any atom is -0.425 e. The van der Waals surface area contributed by atoms with Crippen molar-refractivity contribution in [3.8, 4) is 0 Å². The smallest absolute Gasteiger partial charge is 0.291 e. The van der Waals surface area contributed by atoms with Crippen molar-refractivity contribution in [2.45, 2.75) is 0 Å². The molecule has 0 radical (unpaired) electrons. The highest BCUT2D eigenvalue weighted by Crippen LogP contribution is 2.16. The van der Waals surface area contributed by atoms with Gasteiger partial charge in [-0.05, 0) is 70.1 Å². The lowest BCUT2D eigenvalue weighted by Crippen LogP contribution is -2.46. The van der Waals surface area contributed by atoms with E-state index in [9.17, 15) is 59.2 Å². The molecule has 4 heterocycles. The fourth-order valence-corrected chi connectivity index (χ4v) is 8.43. The zero-order chi connectivity index (χ0) is 51.9. The molecule has 0 atom stereocenters. The van der Waals surface area contributed by atoms with Crippen molar-refractivity contribution in [1.82, 2.24) is 49.6 Å². The number of carbonyl (C=O) groups excluding carboxylic acids is 4. The third-order valence-corrected chi connectivity index (χ3v) is 12.5. The minimum atomic E-state index is -0.782. The highest BCUT2D eigenvalue weighted by Gasteiger charge is 2.23. The molecule has 73 heavy (non-hydrogen) atoms. The van der Waals surface area contributed by atoms with Gasteiger partial charge in [-0.25, -0.2) is 0 Å². The highest BCUT2D eigenvalue weighted by molar-refractivity contribution is 5.99. The molecule has 0 spiro atoms. The Balaban J connectivity index is 0.999. The van der Waals surface area contributed by atoms with Crippen LogP contribution in [-0.4, -0.2) is 151 Å². The van der Waals surface area contributed by atoms with Gasteiger partial charge in [0.25, 0.3) is 45.9 Å². The number of benzene rings is 4. The molecule has 4 aromatic carbocycles. The molecule has 0 aliphatic heterocycles. The molecular formula is C51H50N10O12. The van der Waals surface area contributed by atoms with Crippen LogP contribution in [0.15, 0.2) is 141 Å². The second-order valence-electron chi connectivity index (χ2n) is 17.1. The maximum absolute atomic E-state index is 13.7. The Kier molecular flexibility index (Phi) is 15.0. The molecule has 0 fully saturated rings. The van der Waals surface area contributed by atoms with Gasteiger partial charge in [0.05, 0.1) is 21.5 Å². The molecule has 22 nitrogen and oxygen atoms in total. The molecular weight excluding hydrogens is 945 g/mol. The first-order valence-electron chi connectivity index (χ1n) is 23.0. The second kappa shape index (κ2) is 21.8. The third-order valence-electron chi connectivity index (χ3n) is 12.5. The van der Waals surface area contributed by atoms with Gasteiger partial charge in [0.1, 0.15) is 22.8 Å². The SMILES string of the molecule is CN(CCN(CCNC(=O)c1cc2ccccc2c(=O)n1O)CCN(CCNC(=O)c1cc2ccccc2c(=O)n1O)CCNC(=O)c1cc2ccccc2c(=O)n1O)C(=O)c1cc2ccccc2c(=O)n1O. The molecule has 0 aliphatic carbocycles. The van der Waals surface area contributed by atoms with E-state index in [1.165, 1.54) is 60.5 Å². The molecule has 4 amide bonds. The number of likely N-dealkylation sites (N-methyl/N-ethyl adjacent to an activating group) is 1. The Labute approximate surface area is 413 Å². The van der Waals surface area contributed by atoms with E-state index < -0.39 is 45.9 Å². The topological polar surface area (TPSA) is 283 Å². The van der Waals surface area contributed by atoms with Crippen LogP contribution in [0.1, 0.15) is 42.0 Å². The van der Waals surface area contributed by atoms with Gasteiger partial charge in [-0.2, -0.15) is 0 Å². The van der Waals surface area contributed by atoms with Crippen LogP contribution in [-0.2, 0) is 0 Å². The molecule has 4 aromatic heterocycles. The number of pyridine rings is 4. The third kappa shape index (κ3) is 10.7. The Morgan fingerprint density at radius 1 is 0.397 bits per heavy atom. The summed E-state index contributed by atoms with van der Waals surface area (Å²) in [5.41, 5.74) is -4.29. The molecule has 0 aliphatic rings. The van der Waals surface area contributed by atoms with Crippen LogP contribution < -0.4 is 38.2 Å². The van der Waals surface area contributed by atoms with E-state index in [0.29, 0.717) is 26.3 Å². The van der Waals surface area contributed by atoms with Crippen LogP contribution in [0.4, 0.5) is 0 Å². The summed E-state index contributed by atoms with van der Waals surface area (Å²) in [5.74, 6) is -2.91. The van der Waals surface area contributed by atoms with E-state index in [1.807, 2.05) is 9.80 Å². The van der Waals surface area contributed by atoms with Crippen LogP contribution in [0, 0.1) is 0 Å². The van der Waals surface area contributed by atoms with Gasteiger partial charge in [-0.3, -0.25) is 48.2 Å². The van der Waals surface area contributed by atoms with Gasteiger partial charge >= 0.3 is 0 Å². The van der Waals surface area contributed by atoms with E-state index in [4.69, 9.17) is 0 Å². The van der Waals surface area contributed by atoms with Crippen molar-refractivity contribution in [1.29, 1.82) is 0 Å². The maximum atomic E-state index is 13.7. The van der Waals surface area contributed by atoms with Crippen molar-refractivity contribution in [3.05, 3.63) is 186 Å². The Hall–Kier alpha value is -9.28. The number of aromatic nitrogens is 4. The van der Waals surface area contributed by atoms with Crippen LogP contribution >= 0.6 is 0 Å². The molecule has 0 bridgehead atoms. The molecule has 376 valence electrons. The van der Waals surface area contributed by atoms with Crippen LogP contribution in [0.5, 0.6) is 0 Å². The highest BCUT2D eigenvalue weighted by atomic mass is 16.5. The van der Waals surface area contributed by atoms with Gasteiger partial charge < -0.3 is 41.7 Å². The first-order valence-corrected chi connectivity index (χ1v) is 23.0. The molecule has 0 saturated heterocycles. The standard InChI is InChI=1S/C51H50N10O12/c1-55(51(69)43-31-35-13-5-9-17-39(35)50(68)61(43)73)24-25-57(23-20-54-46(64)42-30-34-12-4-8-16-38(34)49(67)60(42)72)27-26-56(21-18-52-44(62)40-28-32-10-2-6-14-36(32)47(65)58(40)70)22-19-53-45(63)41-29-33-11-3-7-15-37(33)48(66)59(41)71/h2-17,28-31,70-73H,18-27H2,1H3,(H,52,62)(H,53,63)(H,54,64). The average molecular weight is 995 g/mol. The van der Waals surface area contributed by atoms with Crippen molar-refractivity contribution >= 4 is 66.7 Å². The first-order chi connectivity index (χ1) is 35.1. The molecule has 0 saturated carbocycles. The van der Waals surface area contributed by atoms with Crippen LogP contribution in [0.2, 0.25) is 0 Å². The number of carbonyl (C=O) groups is 4. The number of amides is 4. The largest absolute Gasteiger partial charge is 0.425 e. The van der Waals surface area contributed by atoms with Crippen LogP contribution in [0.25, 0.3) is 43.1 Å². The fraction of sp³-hybridized carbons (Fsp3) is 0.216. The number of hydrogen-bond donors (Lipinski definition) is 7. The molecule has 22 heteroatoms. The van der Waals surface area contributed by atoms with E-state index >= 15 is 0 Å². The van der Waals surface area contributed by atoms with Crippen molar-refractivity contribution in [3.63, 3.8) is 0 Å². The summed E-state index contributed by atoms with van der Waals surface area (Å²) >= 11 is 0. The average Bonchev–Trinajstić information content (AvgIpc) is 3.40. The summed E-state index contributed by atoms with van der Waals surface area (Å²) < 4.78 is 1.13. The monoisotopic (exact) mass is 994 g/mol. The number of nitrogens with one attached hydrogen (secondary N) is 3. The minimum absolute atomic E-state index is 0.0201. The zero-order valence-corrected chi connectivity index (χ0v) is 39.3. The maximum Gasteiger partial charge on any atom is 0.291 e. The van der Waals surface area contributed by atoms with E-state index in [-0.39, 0.29) is 124 Å². The van der Waals surface area contributed by atoms with Crippen molar-refractivity contribution in [2.24, 2.45) is 0 Å². The number of nitrogens with zero attached hydrogens (tertiary/aromatic N) is 7. The van der Waals surface area contributed by atoms with Gasteiger partial charge in [-0.15, -0.1) is 18.9 Å². The van der Waals surface area contributed by atoms with E-state index in [2.05, 4.69) is 16.0 Å². The van der Waals surface area contributed by atoms with Crippen LogP contribution in [0.3, 0.4) is 0 Å². The lowest BCUT2D eigenvalue weighted by molar-refractivity contribution is 0.0713. The van der Waals surface area contributed by atoms with Crippen molar-refractivity contribution in [2.75, 3.05) is 72.5 Å². The molecule has 7 N–H and O–H groups in total. The summed E-state index contributed by atoms with van der Waals surface area (Å²) in [5, 5.41) is 53.4. The van der Waals surface area contributed by atoms with E-state index in [1.54, 1.807) is 72.8 Å². The summed E-state index contributed by atoms with van der Waals surface area (Å²) in [7, 11) is 1.49. The molecule has 8 rings (SSSR count). The predicted molar refractivity (Wildman–Crippen MR) is 268 cm³/mol. The number of fused-ring (bicyclic) bond motifs is 4. The summed E-state index contributed by atoms with van der Waals surface area (Å²) in [6.45, 7) is 1.01. The number of hydrogen-bond acceptors (Lipinski definition) is 14. The van der Waals surface area contributed by atoms with Gasteiger partial charge in [0.2, 0.25) is 0 Å². The fourth-order valence-electron chi connectivity index (χ4n) is 8.43. The predicted octanol–water partition coefficient (Wildman–Crippen LogP) is 1.86. The first kappa shape index (κ1) is 50.1. The Morgan fingerprint density at radius 3 is 0.986 bits per heavy atom. The quantitative estimate of drug-likeness (QED) is 0.0570. The summed E-state index contributed by atoms with van der Waals surface area (Å²) in [6.07, 6.45) is 0. The normalized spacial score (nSPS) is 11.4. The summed E-state index contributed by atoms with van der Waals surface area (Å²) in [6, 6.07) is 31.4. The number of rotatable bonds is 19.